The van der Waals surface area contributed by atoms with Crippen LogP contribution in [0.3, 0.4) is 0 Å². The van der Waals surface area contributed by atoms with Gasteiger partial charge in [-0.2, -0.15) is 0 Å². The summed E-state index contributed by atoms with van der Waals surface area (Å²) in [7, 11) is 2.94. The fraction of sp³-hybridized carbons (Fsp3) is 0.111. The largest absolute Gasteiger partial charge is 0.494 e. The minimum Gasteiger partial charge on any atom is -0.494 e. The summed E-state index contributed by atoms with van der Waals surface area (Å²) in [4.78, 5) is 0. The second-order valence-electron chi connectivity index (χ2n) is 2.28. The topological polar surface area (TPSA) is 9.23 Å². The molecule has 1 rings (SSSR count). The van der Waals surface area contributed by atoms with Gasteiger partial charge in [0.25, 0.3) is 0 Å². The first kappa shape index (κ1) is 12.3. The quantitative estimate of drug-likeness (QED) is 0.543. The van der Waals surface area contributed by atoms with Crippen molar-refractivity contribution in [3.8, 4) is 16.9 Å². The van der Waals surface area contributed by atoms with Gasteiger partial charge in [0.05, 0.1) is 17.2 Å². The van der Waals surface area contributed by atoms with E-state index in [-0.39, 0.29) is 0 Å². The smallest absolute Gasteiger partial charge is 0.156 e. The number of hydrogen-bond acceptors (Lipinski definition) is 2. The van der Waals surface area contributed by atoms with Crippen LogP contribution in [0.1, 0.15) is 5.56 Å². The molecule has 1 aromatic carbocycles. The van der Waals surface area contributed by atoms with E-state index in [1.54, 1.807) is 12.1 Å². The van der Waals surface area contributed by atoms with E-state index in [9.17, 15) is 0 Å². The number of hydrogen-bond donors (Lipinski definition) is 0. The zero-order valence-corrected chi connectivity index (χ0v) is 11.6. The van der Waals surface area contributed by atoms with Crippen LogP contribution < -0.4 is 4.74 Å². The van der Waals surface area contributed by atoms with Gasteiger partial charge in [0.15, 0.2) is 5.75 Å². The Labute approximate surface area is 109 Å². The van der Waals surface area contributed by atoms with E-state index in [0.717, 1.165) is 5.56 Å². The van der Waals surface area contributed by atoms with Gasteiger partial charge in [-0.15, -0.1) is 0 Å². The highest BCUT2D eigenvalue weighted by molar-refractivity contribution is 14.2. The highest BCUT2D eigenvalue weighted by atomic mass is 127. The third-order valence-electron chi connectivity index (χ3n) is 1.44. The van der Waals surface area contributed by atoms with Gasteiger partial charge in [-0.25, -0.2) is 0 Å². The Morgan fingerprint density at radius 1 is 1.36 bits per heavy atom. The van der Waals surface area contributed by atoms with Gasteiger partial charge in [0.2, 0.25) is 0 Å². The third kappa shape index (κ3) is 3.13. The standard InChI is InChI=1S/C9H5Cl2IOS/c1-13-9-7(10)4-6(2-3-14-12)5-8(9)11/h4-5H,1H3. The van der Waals surface area contributed by atoms with Crippen LogP contribution in [-0.2, 0) is 0 Å². The number of rotatable bonds is 1. The summed E-state index contributed by atoms with van der Waals surface area (Å²) < 4.78 is 5.02. The fourth-order valence-electron chi connectivity index (χ4n) is 0.905. The summed E-state index contributed by atoms with van der Waals surface area (Å²) in [6, 6.07) is 3.46. The van der Waals surface area contributed by atoms with Crippen molar-refractivity contribution in [2.75, 3.05) is 7.11 Å². The van der Waals surface area contributed by atoms with Crippen molar-refractivity contribution >= 4 is 53.3 Å². The lowest BCUT2D eigenvalue weighted by Crippen LogP contribution is -1.86. The molecule has 0 spiro atoms. The van der Waals surface area contributed by atoms with Crippen LogP contribution in [0.5, 0.6) is 5.75 Å². The Kier molecular flexibility index (Phi) is 5.24. The van der Waals surface area contributed by atoms with Gasteiger partial charge < -0.3 is 4.74 Å². The molecule has 0 saturated heterocycles. The Morgan fingerprint density at radius 2 is 1.93 bits per heavy atom. The zero-order valence-electron chi connectivity index (χ0n) is 7.11. The fourth-order valence-corrected chi connectivity index (χ4v) is 2.03. The Morgan fingerprint density at radius 3 is 2.36 bits per heavy atom. The van der Waals surface area contributed by atoms with Crippen molar-refractivity contribution in [2.24, 2.45) is 0 Å². The van der Waals surface area contributed by atoms with Crippen molar-refractivity contribution < 1.29 is 4.74 Å². The first-order chi connectivity index (χ1) is 6.69. The molecule has 0 unspecified atom stereocenters. The Hall–Kier alpha value is 0.240. The maximum Gasteiger partial charge on any atom is 0.156 e. The molecule has 0 fully saturated rings. The summed E-state index contributed by atoms with van der Waals surface area (Å²) in [6.07, 6.45) is 0. The predicted molar refractivity (Wildman–Crippen MR) is 71.5 cm³/mol. The molecular formula is C9H5Cl2IOS. The van der Waals surface area contributed by atoms with Gasteiger partial charge in [-0.3, -0.25) is 0 Å². The molecule has 0 aliphatic carbocycles. The maximum atomic E-state index is 5.93. The molecule has 0 saturated carbocycles. The second kappa shape index (κ2) is 5.96. The van der Waals surface area contributed by atoms with Crippen molar-refractivity contribution in [3.63, 3.8) is 0 Å². The number of methoxy groups -OCH3 is 1. The number of halogens is 3. The van der Waals surface area contributed by atoms with Gasteiger partial charge >= 0.3 is 0 Å². The average Bonchev–Trinajstić information content (AvgIpc) is 2.14. The SMILES string of the molecule is COc1c(Cl)cc(C#CSI)cc1Cl. The molecule has 0 bridgehead atoms. The molecule has 1 nitrogen and oxygen atoms in total. The Balaban J connectivity index is 3.14. The van der Waals surface area contributed by atoms with E-state index in [1.807, 2.05) is 0 Å². The summed E-state index contributed by atoms with van der Waals surface area (Å²) >= 11 is 14.0. The van der Waals surface area contributed by atoms with Crippen LogP contribution in [0, 0.1) is 11.2 Å². The molecule has 0 aromatic heterocycles. The lowest BCUT2D eigenvalue weighted by atomic mass is 10.2. The molecule has 14 heavy (non-hydrogen) atoms. The molecule has 0 radical (unpaired) electrons. The molecular weight excluding hydrogens is 354 g/mol. The van der Waals surface area contributed by atoms with E-state index in [0.29, 0.717) is 15.8 Å². The first-order valence-electron chi connectivity index (χ1n) is 3.50. The monoisotopic (exact) mass is 358 g/mol. The van der Waals surface area contributed by atoms with Crippen LogP contribution in [0.4, 0.5) is 0 Å². The average molecular weight is 359 g/mol. The molecule has 1 aromatic rings. The minimum absolute atomic E-state index is 0.475. The van der Waals surface area contributed by atoms with Gasteiger partial charge in [0.1, 0.15) is 0 Å². The first-order valence-corrected chi connectivity index (χ1v) is 7.62. The summed E-state index contributed by atoms with van der Waals surface area (Å²) in [5, 5.41) is 3.80. The molecule has 74 valence electrons. The molecule has 0 amide bonds. The van der Waals surface area contributed by atoms with Crippen molar-refractivity contribution in [1.29, 1.82) is 0 Å². The van der Waals surface area contributed by atoms with Crippen LogP contribution >= 0.6 is 53.3 Å². The third-order valence-corrected chi connectivity index (χ3v) is 2.84. The molecule has 0 aliphatic heterocycles. The zero-order chi connectivity index (χ0) is 10.6. The molecule has 0 N–H and O–H groups in total. The van der Waals surface area contributed by atoms with E-state index in [2.05, 4.69) is 32.4 Å². The molecule has 0 heterocycles. The van der Waals surface area contributed by atoms with E-state index < -0.39 is 0 Å². The van der Waals surface area contributed by atoms with Crippen molar-refractivity contribution in [2.45, 2.75) is 0 Å². The van der Waals surface area contributed by atoms with Gasteiger partial charge in [0, 0.05) is 26.8 Å². The lowest BCUT2D eigenvalue weighted by molar-refractivity contribution is 0.415. The minimum atomic E-state index is 0.475. The maximum absolute atomic E-state index is 5.93. The summed E-state index contributed by atoms with van der Waals surface area (Å²) in [5.41, 5.74) is 0.782. The van der Waals surface area contributed by atoms with E-state index >= 15 is 0 Å². The molecule has 0 atom stereocenters. The highest BCUT2D eigenvalue weighted by Gasteiger charge is 2.06. The van der Waals surface area contributed by atoms with E-state index in [4.69, 9.17) is 27.9 Å². The van der Waals surface area contributed by atoms with Crippen molar-refractivity contribution in [1.82, 2.24) is 0 Å². The number of benzene rings is 1. The van der Waals surface area contributed by atoms with E-state index in [1.165, 1.54) is 16.0 Å². The van der Waals surface area contributed by atoms with Gasteiger partial charge in [-0.05, 0) is 26.3 Å². The molecule has 0 aliphatic rings. The Bertz CT molecular complexity index is 375. The summed E-state index contributed by atoms with van der Waals surface area (Å²) in [5.74, 6) is 3.40. The van der Waals surface area contributed by atoms with Crippen LogP contribution in [0.25, 0.3) is 0 Å². The highest BCUT2D eigenvalue weighted by Crippen LogP contribution is 2.33. The van der Waals surface area contributed by atoms with Gasteiger partial charge in [-0.1, -0.05) is 29.1 Å². The van der Waals surface area contributed by atoms with Crippen LogP contribution in [0.15, 0.2) is 12.1 Å². The van der Waals surface area contributed by atoms with Crippen LogP contribution in [0.2, 0.25) is 10.0 Å². The van der Waals surface area contributed by atoms with Crippen molar-refractivity contribution in [3.05, 3.63) is 27.7 Å². The lowest BCUT2D eigenvalue weighted by Gasteiger charge is -2.05. The second-order valence-corrected chi connectivity index (χ2v) is 4.77. The summed E-state index contributed by atoms with van der Waals surface area (Å²) in [6.45, 7) is 0. The molecule has 5 heteroatoms. The normalized spacial score (nSPS) is 9.14. The number of ether oxygens (including phenoxy) is 1. The van der Waals surface area contributed by atoms with Crippen LogP contribution in [-0.4, -0.2) is 7.11 Å². The predicted octanol–water partition coefficient (Wildman–Crippen LogP) is 4.39.